The lowest BCUT2D eigenvalue weighted by Gasteiger charge is -2.11. The molecule has 1 N–H and O–H groups in total. The third-order valence-electron chi connectivity index (χ3n) is 3.86. The van der Waals surface area contributed by atoms with Crippen LogP contribution in [0.15, 0.2) is 57.8 Å². The number of nitrogens with one attached hydrogen (secondary N) is 1. The van der Waals surface area contributed by atoms with E-state index in [1.807, 2.05) is 0 Å². The topological polar surface area (TPSA) is 64.1 Å². The molecule has 0 spiro atoms. The Morgan fingerprint density at radius 1 is 1.07 bits per heavy atom. The van der Waals surface area contributed by atoms with Crippen LogP contribution < -0.4 is 5.69 Å². The van der Waals surface area contributed by atoms with E-state index in [9.17, 15) is 22.8 Å². The highest BCUT2D eigenvalue weighted by Crippen LogP contribution is 2.32. The fourth-order valence-corrected chi connectivity index (χ4v) is 2.88. The molecule has 0 aliphatic heterocycles. The van der Waals surface area contributed by atoms with E-state index >= 15 is 0 Å². The number of carbonyl (C=O) groups excluding carboxylic acids is 1. The first-order valence-corrected chi connectivity index (χ1v) is 8.38. The summed E-state index contributed by atoms with van der Waals surface area (Å²) in [5.41, 5.74) is -0.797. The van der Waals surface area contributed by atoms with Crippen molar-refractivity contribution >= 4 is 21.9 Å². The van der Waals surface area contributed by atoms with Crippen molar-refractivity contribution in [1.82, 2.24) is 9.55 Å². The number of alkyl halides is 3. The summed E-state index contributed by atoms with van der Waals surface area (Å²) in [5, 5.41) is 0. The molecule has 0 bridgehead atoms. The van der Waals surface area contributed by atoms with Crippen molar-refractivity contribution in [3.63, 3.8) is 0 Å². The van der Waals surface area contributed by atoms with Crippen LogP contribution in [0, 0.1) is 0 Å². The smallest absolute Gasteiger partial charge is 0.416 e. The highest BCUT2D eigenvalue weighted by atomic mass is 79.9. The van der Waals surface area contributed by atoms with E-state index in [0.717, 1.165) is 23.7 Å². The SMILES string of the molecule is COC(=O)c1[nH]c(=O)n(-c2ccc(Br)cc2)c1-c1ccc(C(F)(F)F)cc1. The zero-order valence-electron chi connectivity index (χ0n) is 13.8. The molecule has 140 valence electrons. The van der Waals surface area contributed by atoms with Crippen LogP contribution in [0.5, 0.6) is 0 Å². The average Bonchev–Trinajstić information content (AvgIpc) is 2.98. The van der Waals surface area contributed by atoms with Gasteiger partial charge in [-0.3, -0.25) is 9.55 Å². The van der Waals surface area contributed by atoms with Crippen LogP contribution in [-0.4, -0.2) is 22.6 Å². The number of H-pyrrole nitrogens is 1. The van der Waals surface area contributed by atoms with Crippen molar-refractivity contribution in [2.45, 2.75) is 6.18 Å². The van der Waals surface area contributed by atoms with Crippen molar-refractivity contribution < 1.29 is 22.7 Å². The Hall–Kier alpha value is -2.81. The highest BCUT2D eigenvalue weighted by molar-refractivity contribution is 9.10. The van der Waals surface area contributed by atoms with Gasteiger partial charge in [0.25, 0.3) is 0 Å². The van der Waals surface area contributed by atoms with E-state index in [2.05, 4.69) is 25.7 Å². The number of ether oxygens (including phenoxy) is 1. The minimum Gasteiger partial charge on any atom is -0.464 e. The number of rotatable bonds is 3. The fraction of sp³-hybridized carbons (Fsp3) is 0.111. The molecule has 1 heterocycles. The molecule has 0 saturated heterocycles. The lowest BCUT2D eigenvalue weighted by molar-refractivity contribution is -0.137. The first-order chi connectivity index (χ1) is 12.7. The minimum absolute atomic E-state index is 0.114. The molecule has 0 atom stereocenters. The van der Waals surface area contributed by atoms with Crippen LogP contribution in [0.25, 0.3) is 16.9 Å². The van der Waals surface area contributed by atoms with Crippen molar-refractivity contribution in [1.29, 1.82) is 0 Å². The number of imidazole rings is 1. The first kappa shape index (κ1) is 19.0. The van der Waals surface area contributed by atoms with Crippen LogP contribution in [0.3, 0.4) is 0 Å². The number of halogens is 4. The Labute approximate surface area is 159 Å². The molecule has 0 amide bonds. The zero-order chi connectivity index (χ0) is 19.8. The van der Waals surface area contributed by atoms with Gasteiger partial charge in [0.2, 0.25) is 0 Å². The van der Waals surface area contributed by atoms with Crippen molar-refractivity contribution in [2.24, 2.45) is 0 Å². The van der Waals surface area contributed by atoms with E-state index in [0.29, 0.717) is 5.69 Å². The minimum atomic E-state index is -4.49. The number of aromatic amines is 1. The third-order valence-corrected chi connectivity index (χ3v) is 4.38. The second-order valence-electron chi connectivity index (χ2n) is 5.53. The number of carbonyl (C=O) groups is 1. The van der Waals surface area contributed by atoms with E-state index in [1.54, 1.807) is 24.3 Å². The van der Waals surface area contributed by atoms with Gasteiger partial charge in [0.1, 0.15) is 0 Å². The number of methoxy groups -OCH3 is 1. The molecular weight excluding hydrogens is 429 g/mol. The first-order valence-electron chi connectivity index (χ1n) is 7.59. The van der Waals surface area contributed by atoms with Gasteiger partial charge in [-0.2, -0.15) is 13.2 Å². The molecule has 0 fully saturated rings. The lowest BCUT2D eigenvalue weighted by atomic mass is 10.1. The molecule has 0 unspecified atom stereocenters. The maximum atomic E-state index is 12.8. The predicted molar refractivity (Wildman–Crippen MR) is 95.9 cm³/mol. The third kappa shape index (κ3) is 3.68. The fourth-order valence-electron chi connectivity index (χ4n) is 2.61. The van der Waals surface area contributed by atoms with Gasteiger partial charge in [0.05, 0.1) is 24.1 Å². The summed E-state index contributed by atoms with van der Waals surface area (Å²) in [6, 6.07) is 10.8. The van der Waals surface area contributed by atoms with Gasteiger partial charge < -0.3 is 4.74 Å². The molecule has 0 aliphatic rings. The molecule has 0 aliphatic carbocycles. The number of hydrogen-bond acceptors (Lipinski definition) is 3. The van der Waals surface area contributed by atoms with Gasteiger partial charge in [-0.1, -0.05) is 28.1 Å². The molecule has 1 aromatic heterocycles. The Kier molecular flexibility index (Phi) is 4.97. The maximum absolute atomic E-state index is 12.8. The van der Waals surface area contributed by atoms with Gasteiger partial charge in [-0.15, -0.1) is 0 Å². The average molecular weight is 441 g/mol. The molecule has 3 rings (SSSR count). The van der Waals surface area contributed by atoms with Gasteiger partial charge in [-0.25, -0.2) is 9.59 Å². The van der Waals surface area contributed by atoms with E-state index in [-0.39, 0.29) is 17.0 Å². The summed E-state index contributed by atoms with van der Waals surface area (Å²) in [4.78, 5) is 27.0. The second-order valence-corrected chi connectivity index (χ2v) is 6.45. The number of aromatic nitrogens is 2. The predicted octanol–water partition coefficient (Wildman–Crippen LogP) is 4.40. The van der Waals surface area contributed by atoms with Gasteiger partial charge >= 0.3 is 17.8 Å². The molecule has 27 heavy (non-hydrogen) atoms. The lowest BCUT2D eigenvalue weighted by Crippen LogP contribution is -2.15. The molecule has 2 aromatic carbocycles. The summed E-state index contributed by atoms with van der Waals surface area (Å²) >= 11 is 3.29. The standard InChI is InChI=1S/C18H12BrF3N2O3/c1-27-16(25)14-15(10-2-4-11(5-3-10)18(20,21)22)24(17(26)23-14)13-8-6-12(19)7-9-13/h2-9H,1H3,(H,23,26). The second kappa shape index (κ2) is 7.07. The zero-order valence-corrected chi connectivity index (χ0v) is 15.4. The van der Waals surface area contributed by atoms with Crippen LogP contribution in [0.4, 0.5) is 13.2 Å². The van der Waals surface area contributed by atoms with Crippen LogP contribution in [0.1, 0.15) is 16.1 Å². The van der Waals surface area contributed by atoms with Gasteiger partial charge in [0, 0.05) is 10.0 Å². The monoisotopic (exact) mass is 440 g/mol. The van der Waals surface area contributed by atoms with Crippen LogP contribution in [0.2, 0.25) is 0 Å². The molecule has 9 heteroatoms. The largest absolute Gasteiger partial charge is 0.464 e. The Morgan fingerprint density at radius 2 is 1.67 bits per heavy atom. The molecule has 0 radical (unpaired) electrons. The summed E-state index contributed by atoms with van der Waals surface area (Å²) in [6.45, 7) is 0. The molecule has 0 saturated carbocycles. The van der Waals surface area contributed by atoms with Gasteiger partial charge in [0.15, 0.2) is 5.69 Å². The summed E-state index contributed by atoms with van der Waals surface area (Å²) < 4.78 is 45.2. The quantitative estimate of drug-likeness (QED) is 0.613. The number of hydrogen-bond donors (Lipinski definition) is 1. The highest BCUT2D eigenvalue weighted by Gasteiger charge is 2.30. The Balaban J connectivity index is 2.24. The van der Waals surface area contributed by atoms with Gasteiger partial charge in [-0.05, 0) is 36.4 Å². The van der Waals surface area contributed by atoms with Crippen LogP contribution >= 0.6 is 15.9 Å². The van der Waals surface area contributed by atoms with E-state index in [1.165, 1.54) is 16.7 Å². The number of esters is 1. The van der Waals surface area contributed by atoms with Crippen LogP contribution in [-0.2, 0) is 10.9 Å². The Bertz CT molecular complexity index is 1040. The molecular formula is C18H12BrF3N2O3. The summed E-state index contributed by atoms with van der Waals surface area (Å²) in [7, 11) is 1.15. The number of benzene rings is 2. The summed E-state index contributed by atoms with van der Waals surface area (Å²) in [5.74, 6) is -0.808. The normalized spacial score (nSPS) is 11.4. The van der Waals surface area contributed by atoms with E-state index < -0.39 is 23.4 Å². The van der Waals surface area contributed by atoms with E-state index in [4.69, 9.17) is 0 Å². The molecule has 3 aromatic rings. The van der Waals surface area contributed by atoms with Crippen molar-refractivity contribution in [2.75, 3.05) is 7.11 Å². The molecule has 5 nitrogen and oxygen atoms in total. The van der Waals surface area contributed by atoms with Crippen molar-refractivity contribution in [3.8, 4) is 16.9 Å². The Morgan fingerprint density at radius 3 is 2.19 bits per heavy atom. The number of nitrogens with zero attached hydrogens (tertiary/aromatic N) is 1. The maximum Gasteiger partial charge on any atom is 0.416 e. The summed E-state index contributed by atoms with van der Waals surface area (Å²) in [6.07, 6.45) is -4.49. The van der Waals surface area contributed by atoms with Crippen molar-refractivity contribution in [3.05, 3.63) is 74.7 Å².